The zero-order valence-electron chi connectivity index (χ0n) is 21.6. The molecular weight excluding hydrogens is 512 g/mol. The molecule has 1 heterocycles. The molecule has 0 saturated heterocycles. The van der Waals surface area contributed by atoms with Crippen LogP contribution in [0.2, 0.25) is 0 Å². The summed E-state index contributed by atoms with van der Waals surface area (Å²) in [7, 11) is -3.69. The largest absolute Gasteiger partial charge is 0.391 e. The van der Waals surface area contributed by atoms with E-state index in [2.05, 4.69) is 26.8 Å². The molecule has 0 radical (unpaired) electrons. The number of pyridine rings is 1. The summed E-state index contributed by atoms with van der Waals surface area (Å²) in [4.78, 5) is 4.92. The van der Waals surface area contributed by atoms with Crippen molar-refractivity contribution in [2.45, 2.75) is 42.2 Å². The number of aliphatic hydroxyl groups is 1. The number of hydrogen-bond acceptors (Lipinski definition) is 6. The maximum Gasteiger partial charge on any atom is 0.180 e. The molecule has 0 fully saturated rings. The molecule has 0 amide bonds. The van der Waals surface area contributed by atoms with E-state index >= 15 is 0 Å². The molecular formula is C31H30N2O3S2. The van der Waals surface area contributed by atoms with Gasteiger partial charge in [0.15, 0.2) is 9.84 Å². The average Bonchev–Trinajstić information content (AvgIpc) is 2.91. The van der Waals surface area contributed by atoms with E-state index in [1.54, 1.807) is 12.1 Å². The van der Waals surface area contributed by atoms with Crippen molar-refractivity contribution in [2.75, 3.05) is 11.5 Å². The highest BCUT2D eigenvalue weighted by atomic mass is 32.2. The van der Waals surface area contributed by atoms with Crippen molar-refractivity contribution < 1.29 is 13.5 Å². The molecule has 1 atom stereocenters. The average molecular weight is 543 g/mol. The van der Waals surface area contributed by atoms with Crippen LogP contribution in [-0.2, 0) is 15.3 Å². The summed E-state index contributed by atoms with van der Waals surface area (Å²) < 4.78 is 26.0. The Morgan fingerprint density at radius 2 is 1.50 bits per heavy atom. The number of benzene rings is 3. The van der Waals surface area contributed by atoms with Gasteiger partial charge >= 0.3 is 0 Å². The van der Waals surface area contributed by atoms with E-state index in [9.17, 15) is 18.8 Å². The SMILES string of the molecule is CC(C)(C)c1ccc(S(=O)(=O)CC(O)CSc2nc(-c3ccccc3)cc(-c3ccccc3)c2C#N)cc1. The number of rotatable bonds is 8. The highest BCUT2D eigenvalue weighted by Crippen LogP contribution is 2.34. The van der Waals surface area contributed by atoms with Crippen LogP contribution in [0.25, 0.3) is 22.4 Å². The van der Waals surface area contributed by atoms with Gasteiger partial charge in [-0.15, -0.1) is 11.8 Å². The minimum atomic E-state index is -3.69. The predicted octanol–water partition coefficient (Wildman–Crippen LogP) is 6.51. The summed E-state index contributed by atoms with van der Waals surface area (Å²) in [6, 6.07) is 30.3. The smallest absolute Gasteiger partial charge is 0.180 e. The number of aromatic nitrogens is 1. The Labute approximate surface area is 229 Å². The first-order valence-corrected chi connectivity index (χ1v) is 14.9. The van der Waals surface area contributed by atoms with Crippen molar-refractivity contribution in [1.29, 1.82) is 5.26 Å². The lowest BCUT2D eigenvalue weighted by molar-refractivity contribution is 0.222. The third-order valence-corrected chi connectivity index (χ3v) is 9.09. The predicted molar refractivity (Wildman–Crippen MR) is 154 cm³/mol. The van der Waals surface area contributed by atoms with Gasteiger partial charge in [0.25, 0.3) is 0 Å². The summed E-state index contributed by atoms with van der Waals surface area (Å²) in [5.74, 6) is -0.339. The second-order valence-corrected chi connectivity index (χ2v) is 13.1. The number of hydrogen-bond donors (Lipinski definition) is 1. The molecule has 5 nitrogen and oxygen atoms in total. The number of thioether (sulfide) groups is 1. The van der Waals surface area contributed by atoms with Gasteiger partial charge in [-0.1, -0.05) is 93.6 Å². The van der Waals surface area contributed by atoms with Crippen molar-refractivity contribution in [3.8, 4) is 28.5 Å². The molecule has 1 N–H and O–H groups in total. The summed E-state index contributed by atoms with van der Waals surface area (Å²) in [5.41, 5.74) is 4.57. The Morgan fingerprint density at radius 1 is 0.921 bits per heavy atom. The monoisotopic (exact) mass is 542 g/mol. The Balaban J connectivity index is 1.59. The van der Waals surface area contributed by atoms with Crippen LogP contribution in [0.5, 0.6) is 0 Å². The first kappa shape index (κ1) is 27.6. The van der Waals surface area contributed by atoms with Crippen LogP contribution in [0.3, 0.4) is 0 Å². The van der Waals surface area contributed by atoms with E-state index in [1.807, 2.05) is 78.9 Å². The van der Waals surface area contributed by atoms with Crippen molar-refractivity contribution in [3.05, 3.63) is 102 Å². The Morgan fingerprint density at radius 3 is 2.05 bits per heavy atom. The number of aliphatic hydroxyl groups excluding tert-OH is 1. The topological polar surface area (TPSA) is 91.1 Å². The van der Waals surface area contributed by atoms with Gasteiger partial charge in [0.1, 0.15) is 11.1 Å². The molecule has 0 bridgehead atoms. The van der Waals surface area contributed by atoms with Crippen LogP contribution in [0.1, 0.15) is 31.9 Å². The number of nitrogens with zero attached hydrogens (tertiary/aromatic N) is 2. The van der Waals surface area contributed by atoms with Crippen LogP contribution < -0.4 is 0 Å². The standard InChI is InChI=1S/C31H30N2O3S2/c1-31(2,3)24-14-16-26(17-15-24)38(35,36)21-25(34)20-37-30-28(19-32)27(22-10-6-4-7-11-22)18-29(33-30)23-12-8-5-9-13-23/h4-18,25,34H,20-21H2,1-3H3. The van der Waals surface area contributed by atoms with E-state index in [0.29, 0.717) is 16.3 Å². The van der Waals surface area contributed by atoms with Crippen molar-refractivity contribution in [3.63, 3.8) is 0 Å². The first-order valence-electron chi connectivity index (χ1n) is 12.3. The van der Waals surface area contributed by atoms with Gasteiger partial charge in [-0.2, -0.15) is 5.26 Å². The van der Waals surface area contributed by atoms with Gasteiger partial charge in [-0.25, -0.2) is 13.4 Å². The highest BCUT2D eigenvalue weighted by Gasteiger charge is 2.23. The fourth-order valence-electron chi connectivity index (χ4n) is 4.07. The summed E-state index contributed by atoms with van der Waals surface area (Å²) in [5, 5.41) is 21.2. The van der Waals surface area contributed by atoms with Gasteiger partial charge in [0.05, 0.1) is 28.0 Å². The van der Waals surface area contributed by atoms with E-state index in [0.717, 1.165) is 22.3 Å². The molecule has 38 heavy (non-hydrogen) atoms. The first-order chi connectivity index (χ1) is 18.1. The zero-order valence-corrected chi connectivity index (χ0v) is 23.3. The van der Waals surface area contributed by atoms with Crippen molar-refractivity contribution in [1.82, 2.24) is 4.98 Å². The molecule has 0 aliphatic heterocycles. The molecule has 1 unspecified atom stereocenters. The van der Waals surface area contributed by atoms with Crippen LogP contribution in [0, 0.1) is 11.3 Å². The summed E-state index contributed by atoms with van der Waals surface area (Å²) >= 11 is 1.19. The van der Waals surface area contributed by atoms with E-state index in [-0.39, 0.29) is 16.1 Å². The third kappa shape index (κ3) is 6.51. The Hall–Kier alpha value is -3.44. The maximum absolute atomic E-state index is 13.0. The summed E-state index contributed by atoms with van der Waals surface area (Å²) in [6.07, 6.45) is -1.14. The minimum Gasteiger partial charge on any atom is -0.391 e. The van der Waals surface area contributed by atoms with Gasteiger partial charge in [-0.3, -0.25) is 0 Å². The van der Waals surface area contributed by atoms with Gasteiger partial charge in [0, 0.05) is 16.9 Å². The fourth-order valence-corrected chi connectivity index (χ4v) is 6.52. The maximum atomic E-state index is 13.0. The Bertz CT molecular complexity index is 1540. The molecule has 1 aromatic heterocycles. The van der Waals surface area contributed by atoms with Crippen LogP contribution >= 0.6 is 11.8 Å². The molecule has 3 aromatic carbocycles. The Kier molecular flexibility index (Phi) is 8.37. The lowest BCUT2D eigenvalue weighted by Gasteiger charge is -2.19. The number of sulfone groups is 1. The summed E-state index contributed by atoms with van der Waals surface area (Å²) in [6.45, 7) is 6.20. The molecule has 4 aromatic rings. The molecule has 7 heteroatoms. The van der Waals surface area contributed by atoms with Crippen LogP contribution in [0.15, 0.2) is 101 Å². The lowest BCUT2D eigenvalue weighted by atomic mass is 9.87. The molecule has 194 valence electrons. The van der Waals surface area contributed by atoms with Crippen molar-refractivity contribution >= 4 is 21.6 Å². The number of nitriles is 1. The van der Waals surface area contributed by atoms with Crippen LogP contribution in [-0.4, -0.2) is 36.1 Å². The quantitative estimate of drug-likeness (QED) is 0.255. The highest BCUT2D eigenvalue weighted by molar-refractivity contribution is 7.99. The second-order valence-electron chi connectivity index (χ2n) is 10.1. The van der Waals surface area contributed by atoms with E-state index in [4.69, 9.17) is 4.98 Å². The molecule has 0 aliphatic carbocycles. The van der Waals surface area contributed by atoms with E-state index < -0.39 is 21.7 Å². The molecule has 0 aliphatic rings. The van der Waals surface area contributed by atoms with Crippen LogP contribution in [0.4, 0.5) is 0 Å². The second kappa shape index (κ2) is 11.5. The minimum absolute atomic E-state index is 0.0768. The van der Waals surface area contributed by atoms with Gasteiger partial charge < -0.3 is 5.11 Å². The molecule has 0 spiro atoms. The fraction of sp³-hybridized carbons (Fsp3) is 0.226. The zero-order chi connectivity index (χ0) is 27.3. The van der Waals surface area contributed by atoms with Crippen molar-refractivity contribution in [2.24, 2.45) is 0 Å². The van der Waals surface area contributed by atoms with Gasteiger partial charge in [-0.05, 0) is 34.7 Å². The van der Waals surface area contributed by atoms with Gasteiger partial charge in [0.2, 0.25) is 0 Å². The lowest BCUT2D eigenvalue weighted by Crippen LogP contribution is -2.23. The van der Waals surface area contributed by atoms with E-state index in [1.165, 1.54) is 11.8 Å². The molecule has 0 saturated carbocycles. The molecule has 4 rings (SSSR count). The third-order valence-electron chi connectivity index (χ3n) is 6.16. The normalized spacial score (nSPS) is 12.6.